The van der Waals surface area contributed by atoms with Gasteiger partial charge in [0.15, 0.2) is 0 Å². The van der Waals surface area contributed by atoms with E-state index in [1.165, 1.54) is 7.11 Å². The lowest BCUT2D eigenvalue weighted by atomic mass is 9.84. The van der Waals surface area contributed by atoms with Gasteiger partial charge in [0.05, 0.1) is 11.9 Å². The number of methoxy groups -OCH3 is 1. The van der Waals surface area contributed by atoms with Crippen LogP contribution in [0.5, 0.6) is 0 Å². The van der Waals surface area contributed by atoms with Crippen molar-refractivity contribution in [2.45, 2.75) is 17.2 Å². The SMILES string of the molecule is COC(=O)[C@@](C)(N)CSC(c1ccccc1)(c1ccccc1)c1ccccc1.Cl. The second-order valence-corrected chi connectivity index (χ2v) is 8.17. The van der Waals surface area contributed by atoms with E-state index in [2.05, 4.69) is 36.4 Å². The summed E-state index contributed by atoms with van der Waals surface area (Å²) in [6.45, 7) is 1.72. The van der Waals surface area contributed by atoms with Gasteiger partial charge in [0.25, 0.3) is 0 Å². The molecule has 152 valence electrons. The van der Waals surface area contributed by atoms with Crippen LogP contribution in [0.2, 0.25) is 0 Å². The first kappa shape index (κ1) is 23.0. The van der Waals surface area contributed by atoms with Crippen LogP contribution in [0.25, 0.3) is 0 Å². The number of ether oxygens (including phenoxy) is 1. The number of hydrogen-bond donors (Lipinski definition) is 1. The van der Waals surface area contributed by atoms with Crippen molar-refractivity contribution in [3.05, 3.63) is 108 Å². The molecule has 5 heteroatoms. The highest BCUT2D eigenvalue weighted by Gasteiger charge is 2.40. The fourth-order valence-corrected chi connectivity index (χ4v) is 4.86. The van der Waals surface area contributed by atoms with Crippen molar-refractivity contribution in [1.29, 1.82) is 0 Å². The van der Waals surface area contributed by atoms with E-state index in [9.17, 15) is 4.79 Å². The third kappa shape index (κ3) is 4.84. The van der Waals surface area contributed by atoms with Crippen molar-refractivity contribution in [2.75, 3.05) is 12.9 Å². The molecule has 0 saturated heterocycles. The quantitative estimate of drug-likeness (QED) is 0.424. The second kappa shape index (κ2) is 9.97. The number of benzene rings is 3. The van der Waals surface area contributed by atoms with Gasteiger partial charge in [0, 0.05) is 5.75 Å². The molecule has 0 aliphatic heterocycles. The molecule has 3 nitrogen and oxygen atoms in total. The first-order valence-corrected chi connectivity index (χ1v) is 10.2. The van der Waals surface area contributed by atoms with Crippen LogP contribution in [0.1, 0.15) is 23.6 Å². The van der Waals surface area contributed by atoms with E-state index in [1.54, 1.807) is 18.7 Å². The normalized spacial score (nSPS) is 13.1. The van der Waals surface area contributed by atoms with Gasteiger partial charge in [-0.3, -0.25) is 4.79 Å². The molecule has 0 amide bonds. The summed E-state index contributed by atoms with van der Waals surface area (Å²) in [5, 5.41) is 0. The van der Waals surface area contributed by atoms with Gasteiger partial charge in [-0.05, 0) is 23.6 Å². The predicted molar refractivity (Wildman–Crippen MR) is 124 cm³/mol. The minimum Gasteiger partial charge on any atom is -0.468 e. The van der Waals surface area contributed by atoms with Crippen molar-refractivity contribution in [2.24, 2.45) is 5.73 Å². The zero-order chi connectivity index (χ0) is 20.0. The molecule has 0 aromatic heterocycles. The molecule has 0 spiro atoms. The Hall–Kier alpha value is -2.27. The summed E-state index contributed by atoms with van der Waals surface area (Å²) in [4.78, 5) is 12.2. The molecule has 29 heavy (non-hydrogen) atoms. The highest BCUT2D eigenvalue weighted by Crippen LogP contribution is 2.49. The number of thioether (sulfide) groups is 1. The predicted octanol–water partition coefficient (Wildman–Crippen LogP) is 5.02. The maximum Gasteiger partial charge on any atom is 0.326 e. The van der Waals surface area contributed by atoms with E-state index >= 15 is 0 Å². The number of nitrogens with two attached hydrogens (primary N) is 1. The van der Waals surface area contributed by atoms with Gasteiger partial charge in [-0.1, -0.05) is 91.0 Å². The Morgan fingerprint density at radius 2 is 1.17 bits per heavy atom. The van der Waals surface area contributed by atoms with Gasteiger partial charge in [0.1, 0.15) is 5.54 Å². The summed E-state index contributed by atoms with van der Waals surface area (Å²) in [5.41, 5.74) is 8.63. The van der Waals surface area contributed by atoms with E-state index < -0.39 is 16.3 Å². The number of carbonyl (C=O) groups excluding carboxylic acids is 1. The minimum atomic E-state index is -1.09. The van der Waals surface area contributed by atoms with Crippen LogP contribution in [-0.2, 0) is 14.3 Å². The summed E-state index contributed by atoms with van der Waals surface area (Å²) in [5.74, 6) is -0.0127. The lowest BCUT2D eigenvalue weighted by Gasteiger charge is -2.37. The molecular formula is C24H26ClNO2S. The molecule has 3 aromatic carbocycles. The van der Waals surface area contributed by atoms with Gasteiger partial charge in [-0.15, -0.1) is 24.2 Å². The lowest BCUT2D eigenvalue weighted by molar-refractivity contribution is -0.145. The van der Waals surface area contributed by atoms with Crippen molar-refractivity contribution >= 4 is 30.1 Å². The Bertz CT molecular complexity index is 805. The second-order valence-electron chi connectivity index (χ2n) is 6.98. The third-order valence-electron chi connectivity index (χ3n) is 4.78. The van der Waals surface area contributed by atoms with Gasteiger partial charge < -0.3 is 10.5 Å². The summed E-state index contributed by atoms with van der Waals surface area (Å²) in [6.07, 6.45) is 0. The number of halogens is 1. The zero-order valence-electron chi connectivity index (χ0n) is 16.6. The highest BCUT2D eigenvalue weighted by molar-refractivity contribution is 8.00. The Morgan fingerprint density at radius 3 is 1.48 bits per heavy atom. The first-order chi connectivity index (χ1) is 13.5. The average molecular weight is 428 g/mol. The van der Waals surface area contributed by atoms with Crippen molar-refractivity contribution < 1.29 is 9.53 Å². The number of carbonyl (C=O) groups is 1. The summed E-state index contributed by atoms with van der Waals surface area (Å²) in [6, 6.07) is 31.0. The molecule has 2 N–H and O–H groups in total. The lowest BCUT2D eigenvalue weighted by Crippen LogP contribution is -2.49. The maximum absolute atomic E-state index is 12.2. The van der Waals surface area contributed by atoms with Crippen LogP contribution in [0, 0.1) is 0 Å². The molecule has 0 fully saturated rings. The van der Waals surface area contributed by atoms with Gasteiger partial charge in [-0.25, -0.2) is 0 Å². The molecular weight excluding hydrogens is 402 g/mol. The Morgan fingerprint density at radius 1 is 0.828 bits per heavy atom. The standard InChI is InChI=1S/C24H25NO2S.ClH/c1-23(25,22(26)27-2)18-28-24(19-12-6-3-7-13-19,20-14-8-4-9-15-20)21-16-10-5-11-17-21;/h3-17H,18,25H2,1-2H3;1H/t23-;/m0./s1. The fourth-order valence-electron chi connectivity index (χ4n) is 3.32. The van der Waals surface area contributed by atoms with Crippen LogP contribution >= 0.6 is 24.2 Å². The van der Waals surface area contributed by atoms with Crippen LogP contribution < -0.4 is 5.73 Å². The van der Waals surface area contributed by atoms with E-state index in [4.69, 9.17) is 10.5 Å². The fraction of sp³-hybridized carbons (Fsp3) is 0.208. The molecule has 0 heterocycles. The van der Waals surface area contributed by atoms with E-state index in [1.807, 2.05) is 54.6 Å². The van der Waals surface area contributed by atoms with Crippen LogP contribution in [-0.4, -0.2) is 24.4 Å². The molecule has 0 aliphatic rings. The highest BCUT2D eigenvalue weighted by atomic mass is 35.5. The molecule has 0 aliphatic carbocycles. The molecule has 0 bridgehead atoms. The Labute approximate surface area is 183 Å². The monoisotopic (exact) mass is 427 g/mol. The minimum absolute atomic E-state index is 0. The third-order valence-corrected chi connectivity index (χ3v) is 6.67. The van der Waals surface area contributed by atoms with Crippen molar-refractivity contribution in [3.8, 4) is 0 Å². The number of hydrogen-bond acceptors (Lipinski definition) is 4. The van der Waals surface area contributed by atoms with E-state index in [-0.39, 0.29) is 12.4 Å². The molecule has 0 unspecified atom stereocenters. The largest absolute Gasteiger partial charge is 0.468 e. The van der Waals surface area contributed by atoms with Crippen LogP contribution in [0.3, 0.4) is 0 Å². The number of esters is 1. The van der Waals surface area contributed by atoms with E-state index in [0.717, 1.165) is 16.7 Å². The molecule has 0 saturated carbocycles. The van der Waals surface area contributed by atoms with Crippen LogP contribution in [0.4, 0.5) is 0 Å². The topological polar surface area (TPSA) is 52.3 Å². The summed E-state index contributed by atoms with van der Waals surface area (Å²) in [7, 11) is 1.37. The molecule has 3 aromatic rings. The van der Waals surface area contributed by atoms with Crippen molar-refractivity contribution in [1.82, 2.24) is 0 Å². The molecule has 0 radical (unpaired) electrons. The Kier molecular flexibility index (Phi) is 7.91. The van der Waals surface area contributed by atoms with Gasteiger partial charge in [-0.2, -0.15) is 0 Å². The first-order valence-electron chi connectivity index (χ1n) is 9.18. The summed E-state index contributed by atoms with van der Waals surface area (Å²) < 4.78 is 4.42. The van der Waals surface area contributed by atoms with Crippen LogP contribution in [0.15, 0.2) is 91.0 Å². The van der Waals surface area contributed by atoms with Gasteiger partial charge in [0.2, 0.25) is 0 Å². The average Bonchev–Trinajstić information content (AvgIpc) is 2.76. The van der Waals surface area contributed by atoms with E-state index in [0.29, 0.717) is 5.75 Å². The molecule has 3 rings (SSSR count). The van der Waals surface area contributed by atoms with Gasteiger partial charge >= 0.3 is 5.97 Å². The summed E-state index contributed by atoms with van der Waals surface area (Å²) >= 11 is 1.65. The molecule has 1 atom stereocenters. The van der Waals surface area contributed by atoms with Crippen molar-refractivity contribution in [3.63, 3.8) is 0 Å². The Balaban J connectivity index is 0.00000300. The smallest absolute Gasteiger partial charge is 0.326 e. The number of rotatable bonds is 7. The zero-order valence-corrected chi connectivity index (χ0v) is 18.2. The maximum atomic E-state index is 12.2.